The van der Waals surface area contributed by atoms with E-state index in [1.807, 2.05) is 0 Å². The second-order valence-corrected chi connectivity index (χ2v) is 5.98. The number of halogens is 1. The molecule has 0 amide bonds. The Balaban J connectivity index is 2.39. The van der Waals surface area contributed by atoms with E-state index >= 15 is 0 Å². The van der Waals surface area contributed by atoms with Gasteiger partial charge in [0.1, 0.15) is 10.6 Å². The van der Waals surface area contributed by atoms with Crippen molar-refractivity contribution in [3.63, 3.8) is 0 Å². The molecule has 100 valence electrons. The van der Waals surface area contributed by atoms with Gasteiger partial charge in [-0.3, -0.25) is 4.31 Å². The van der Waals surface area contributed by atoms with E-state index in [0.717, 1.165) is 16.7 Å². The molecule has 1 aromatic carbocycles. The number of aromatic hydroxyl groups is 1. The molecule has 1 heterocycles. The van der Waals surface area contributed by atoms with Crippen LogP contribution in [-0.2, 0) is 10.0 Å². The van der Waals surface area contributed by atoms with Crippen LogP contribution >= 0.6 is 11.6 Å². The number of hydrogen-bond donors (Lipinski definition) is 1. The summed E-state index contributed by atoms with van der Waals surface area (Å²) in [5.41, 5.74) is 0.410. The van der Waals surface area contributed by atoms with Crippen molar-refractivity contribution >= 4 is 27.3 Å². The van der Waals surface area contributed by atoms with Gasteiger partial charge in [-0.1, -0.05) is 0 Å². The van der Waals surface area contributed by atoms with E-state index in [1.54, 1.807) is 0 Å². The minimum Gasteiger partial charge on any atom is -0.508 e. The van der Waals surface area contributed by atoms with Crippen LogP contribution in [0.5, 0.6) is 5.75 Å². The summed E-state index contributed by atoms with van der Waals surface area (Å²) in [6, 6.07) is 5.78. The van der Waals surface area contributed by atoms with Gasteiger partial charge in [-0.25, -0.2) is 18.4 Å². The van der Waals surface area contributed by atoms with Crippen LogP contribution in [0.1, 0.15) is 0 Å². The van der Waals surface area contributed by atoms with Crippen molar-refractivity contribution in [1.29, 1.82) is 0 Å². The van der Waals surface area contributed by atoms with Gasteiger partial charge in [0.05, 0.1) is 18.1 Å². The van der Waals surface area contributed by atoms with Crippen LogP contribution in [-0.4, -0.2) is 30.5 Å². The third-order valence-corrected chi connectivity index (χ3v) is 4.40. The molecule has 0 atom stereocenters. The monoisotopic (exact) mass is 299 g/mol. The molecule has 0 fully saturated rings. The molecule has 0 bridgehead atoms. The lowest BCUT2D eigenvalue weighted by atomic mass is 10.3. The van der Waals surface area contributed by atoms with E-state index in [0.29, 0.717) is 5.69 Å². The van der Waals surface area contributed by atoms with Gasteiger partial charge < -0.3 is 5.11 Å². The maximum absolute atomic E-state index is 12.3. The summed E-state index contributed by atoms with van der Waals surface area (Å²) < 4.78 is 25.6. The fourth-order valence-electron chi connectivity index (χ4n) is 1.39. The normalized spacial score (nSPS) is 11.3. The van der Waals surface area contributed by atoms with Crippen molar-refractivity contribution < 1.29 is 13.5 Å². The molecule has 19 heavy (non-hydrogen) atoms. The third kappa shape index (κ3) is 2.77. The van der Waals surface area contributed by atoms with Gasteiger partial charge >= 0.3 is 0 Å². The highest BCUT2D eigenvalue weighted by atomic mass is 35.5. The molecule has 1 aromatic heterocycles. The second-order valence-electron chi connectivity index (χ2n) is 3.68. The van der Waals surface area contributed by atoms with Gasteiger partial charge in [0, 0.05) is 7.05 Å². The first-order valence-corrected chi connectivity index (χ1v) is 6.98. The molecule has 0 aliphatic heterocycles. The number of phenolic OH excluding ortho intramolecular Hbond substituents is 1. The molecule has 2 rings (SSSR count). The molecule has 0 spiro atoms. The zero-order valence-corrected chi connectivity index (χ0v) is 11.4. The molecule has 0 saturated carbocycles. The standard InChI is InChI=1S/C11H10ClN3O3S/c1-15(8-2-4-9(16)5-3-8)19(17,18)10-6-13-11(12)14-7-10/h2-7,16H,1H3. The van der Waals surface area contributed by atoms with Gasteiger partial charge in [-0.05, 0) is 35.9 Å². The SMILES string of the molecule is CN(c1ccc(O)cc1)S(=O)(=O)c1cnc(Cl)nc1. The van der Waals surface area contributed by atoms with Gasteiger partial charge in [-0.2, -0.15) is 0 Å². The minimum absolute atomic E-state index is 0.0220. The van der Waals surface area contributed by atoms with Gasteiger partial charge in [0.2, 0.25) is 5.28 Å². The van der Waals surface area contributed by atoms with E-state index < -0.39 is 10.0 Å². The van der Waals surface area contributed by atoms with E-state index in [2.05, 4.69) is 9.97 Å². The lowest BCUT2D eigenvalue weighted by Crippen LogP contribution is -2.26. The summed E-state index contributed by atoms with van der Waals surface area (Å²) in [6.45, 7) is 0. The molecular formula is C11H10ClN3O3S. The smallest absolute Gasteiger partial charge is 0.267 e. The Morgan fingerprint density at radius 2 is 1.68 bits per heavy atom. The van der Waals surface area contributed by atoms with Crippen molar-refractivity contribution in [2.24, 2.45) is 0 Å². The number of rotatable bonds is 3. The Bertz CT molecular complexity index is 671. The van der Waals surface area contributed by atoms with E-state index in [9.17, 15) is 13.5 Å². The van der Waals surface area contributed by atoms with Crippen LogP contribution in [0.4, 0.5) is 5.69 Å². The molecular weight excluding hydrogens is 290 g/mol. The fourth-order valence-corrected chi connectivity index (χ4v) is 2.58. The largest absolute Gasteiger partial charge is 0.508 e. The highest BCUT2D eigenvalue weighted by Crippen LogP contribution is 2.23. The summed E-state index contributed by atoms with van der Waals surface area (Å²) in [7, 11) is -2.35. The average Bonchev–Trinajstić information content (AvgIpc) is 2.39. The van der Waals surface area contributed by atoms with Crippen molar-refractivity contribution in [2.45, 2.75) is 4.90 Å². The summed E-state index contributed by atoms with van der Waals surface area (Å²) in [4.78, 5) is 7.23. The minimum atomic E-state index is -3.75. The second kappa shape index (κ2) is 5.02. The maximum Gasteiger partial charge on any atom is 0.267 e. The first-order valence-electron chi connectivity index (χ1n) is 5.17. The van der Waals surface area contributed by atoms with Crippen LogP contribution in [0.3, 0.4) is 0 Å². The zero-order valence-electron chi connectivity index (χ0n) is 9.86. The van der Waals surface area contributed by atoms with Crippen LogP contribution < -0.4 is 4.31 Å². The number of sulfonamides is 1. The molecule has 0 saturated heterocycles. The highest BCUT2D eigenvalue weighted by Gasteiger charge is 2.22. The summed E-state index contributed by atoms with van der Waals surface area (Å²) in [5.74, 6) is 0.0596. The average molecular weight is 300 g/mol. The van der Waals surface area contributed by atoms with E-state index in [-0.39, 0.29) is 15.9 Å². The number of nitrogens with zero attached hydrogens (tertiary/aromatic N) is 3. The predicted molar refractivity (Wildman–Crippen MR) is 70.7 cm³/mol. The van der Waals surface area contributed by atoms with Crippen molar-refractivity contribution in [3.8, 4) is 5.75 Å². The quantitative estimate of drug-likeness (QED) is 0.872. The van der Waals surface area contributed by atoms with Crippen LogP contribution in [0, 0.1) is 0 Å². The third-order valence-electron chi connectivity index (χ3n) is 2.47. The number of phenols is 1. The Labute approximate surface area is 115 Å². The topological polar surface area (TPSA) is 83.4 Å². The molecule has 0 aliphatic carbocycles. The van der Waals surface area contributed by atoms with Crippen molar-refractivity contribution in [2.75, 3.05) is 11.4 Å². The molecule has 1 N–H and O–H groups in total. The van der Waals surface area contributed by atoms with Crippen molar-refractivity contribution in [3.05, 3.63) is 41.9 Å². The molecule has 2 aromatic rings. The number of aromatic nitrogens is 2. The molecule has 8 heteroatoms. The van der Waals surface area contributed by atoms with Gasteiger partial charge in [0.15, 0.2) is 0 Å². The van der Waals surface area contributed by atoms with E-state index in [1.165, 1.54) is 31.3 Å². The van der Waals surface area contributed by atoms with Crippen LogP contribution in [0.15, 0.2) is 41.6 Å². The maximum atomic E-state index is 12.3. The van der Waals surface area contributed by atoms with Gasteiger partial charge in [0.25, 0.3) is 10.0 Å². The van der Waals surface area contributed by atoms with Gasteiger partial charge in [-0.15, -0.1) is 0 Å². The summed E-state index contributed by atoms with van der Waals surface area (Å²) >= 11 is 5.52. The van der Waals surface area contributed by atoms with Crippen molar-refractivity contribution in [1.82, 2.24) is 9.97 Å². The summed E-state index contributed by atoms with van der Waals surface area (Å²) in [6.07, 6.45) is 2.28. The van der Waals surface area contributed by atoms with Crippen LogP contribution in [0.25, 0.3) is 0 Å². The zero-order chi connectivity index (χ0) is 14.0. The number of anilines is 1. The Kier molecular flexibility index (Phi) is 3.59. The fraction of sp³-hybridized carbons (Fsp3) is 0.0909. The lowest BCUT2D eigenvalue weighted by Gasteiger charge is -2.19. The molecule has 6 nitrogen and oxygen atoms in total. The Hall–Kier alpha value is -1.86. The Morgan fingerprint density at radius 1 is 1.16 bits per heavy atom. The lowest BCUT2D eigenvalue weighted by molar-refractivity contribution is 0.475. The predicted octanol–water partition coefficient (Wildman–Crippen LogP) is 1.66. The summed E-state index contributed by atoms with van der Waals surface area (Å²) in [5, 5.41) is 9.16. The number of hydrogen-bond acceptors (Lipinski definition) is 5. The first-order chi connectivity index (χ1) is 8.91. The molecule has 0 radical (unpaired) electrons. The van der Waals surface area contributed by atoms with Crippen LogP contribution in [0.2, 0.25) is 5.28 Å². The highest BCUT2D eigenvalue weighted by molar-refractivity contribution is 7.92. The van der Waals surface area contributed by atoms with E-state index in [4.69, 9.17) is 11.6 Å². The molecule has 0 aliphatic rings. The first kappa shape index (κ1) is 13.6. The Morgan fingerprint density at radius 3 is 2.21 bits per heavy atom. The number of benzene rings is 1. The molecule has 0 unspecified atom stereocenters.